The van der Waals surface area contributed by atoms with Gasteiger partial charge in [0, 0.05) is 5.02 Å². The molecule has 0 aliphatic heterocycles. The molecule has 0 radical (unpaired) electrons. The highest BCUT2D eigenvalue weighted by molar-refractivity contribution is 6.30. The molecule has 0 aliphatic carbocycles. The number of ether oxygens (including phenoxy) is 3. The minimum atomic E-state index is -0.225. The van der Waals surface area contributed by atoms with Crippen molar-refractivity contribution in [3.8, 4) is 17.2 Å². The van der Waals surface area contributed by atoms with Gasteiger partial charge in [-0.2, -0.15) is 0 Å². The lowest BCUT2D eigenvalue weighted by Gasteiger charge is -2.12. The summed E-state index contributed by atoms with van der Waals surface area (Å²) in [6.07, 6.45) is 0. The summed E-state index contributed by atoms with van der Waals surface area (Å²) in [6, 6.07) is 12.6. The topological polar surface area (TPSA) is 56.8 Å². The lowest BCUT2D eigenvalue weighted by atomic mass is 10.2. The van der Waals surface area contributed by atoms with Gasteiger partial charge in [0.15, 0.2) is 18.1 Å². The number of carbonyl (C=O) groups is 1. The van der Waals surface area contributed by atoms with Crippen LogP contribution in [0.4, 0.5) is 0 Å². The molecule has 2 aromatic carbocycles. The second-order valence-corrected chi connectivity index (χ2v) is 5.48. The van der Waals surface area contributed by atoms with E-state index in [1.165, 1.54) is 0 Å². The van der Waals surface area contributed by atoms with E-state index in [0.29, 0.717) is 29.7 Å². The van der Waals surface area contributed by atoms with E-state index in [9.17, 15) is 4.79 Å². The highest BCUT2D eigenvalue weighted by atomic mass is 35.5. The van der Waals surface area contributed by atoms with Crippen molar-refractivity contribution in [2.75, 3.05) is 26.9 Å². The molecule has 0 aromatic heterocycles. The lowest BCUT2D eigenvalue weighted by molar-refractivity contribution is -0.123. The van der Waals surface area contributed by atoms with Crippen molar-refractivity contribution in [2.45, 2.75) is 6.92 Å². The fourth-order valence-electron chi connectivity index (χ4n) is 2.06. The van der Waals surface area contributed by atoms with Gasteiger partial charge in [0.1, 0.15) is 12.4 Å². The summed E-state index contributed by atoms with van der Waals surface area (Å²) in [6.45, 7) is 2.58. The van der Waals surface area contributed by atoms with Gasteiger partial charge in [0.2, 0.25) is 0 Å². The van der Waals surface area contributed by atoms with Crippen LogP contribution in [0.15, 0.2) is 42.5 Å². The predicted molar refractivity (Wildman–Crippen MR) is 93.2 cm³/mol. The first-order valence-electron chi connectivity index (χ1n) is 7.51. The highest BCUT2D eigenvalue weighted by Gasteiger charge is 2.07. The number of para-hydroxylation sites is 2. The van der Waals surface area contributed by atoms with E-state index < -0.39 is 0 Å². The maximum atomic E-state index is 11.8. The van der Waals surface area contributed by atoms with E-state index in [2.05, 4.69) is 5.32 Å². The Hall–Kier alpha value is -2.40. The van der Waals surface area contributed by atoms with E-state index in [1.807, 2.05) is 31.2 Å². The van der Waals surface area contributed by atoms with Gasteiger partial charge in [-0.25, -0.2) is 0 Å². The van der Waals surface area contributed by atoms with Crippen molar-refractivity contribution in [2.24, 2.45) is 0 Å². The summed E-state index contributed by atoms with van der Waals surface area (Å²) in [4.78, 5) is 11.8. The Morgan fingerprint density at radius 1 is 1.08 bits per heavy atom. The van der Waals surface area contributed by atoms with Crippen LogP contribution in [-0.2, 0) is 4.79 Å². The SMILES string of the molecule is COc1ccccc1OCC(=O)NCCOc1ccc(Cl)cc1C. The average Bonchev–Trinajstić information content (AvgIpc) is 2.58. The number of halogens is 1. The quantitative estimate of drug-likeness (QED) is 0.743. The van der Waals surface area contributed by atoms with E-state index in [-0.39, 0.29) is 12.5 Å². The molecule has 0 unspecified atom stereocenters. The standard InChI is InChI=1S/C18H20ClNO4/c1-13-11-14(19)7-8-15(13)23-10-9-20-18(21)12-24-17-6-4-3-5-16(17)22-2/h3-8,11H,9-10,12H2,1-2H3,(H,20,21). The van der Waals surface area contributed by atoms with E-state index >= 15 is 0 Å². The zero-order chi connectivity index (χ0) is 17.4. The summed E-state index contributed by atoms with van der Waals surface area (Å²) in [5.74, 6) is 1.64. The monoisotopic (exact) mass is 349 g/mol. The van der Waals surface area contributed by atoms with Gasteiger partial charge in [-0.05, 0) is 42.8 Å². The number of amides is 1. The molecule has 2 aromatic rings. The van der Waals surface area contributed by atoms with Crippen LogP contribution in [0.1, 0.15) is 5.56 Å². The van der Waals surface area contributed by atoms with Crippen LogP contribution in [0.3, 0.4) is 0 Å². The Labute approximate surface area is 146 Å². The third-order valence-electron chi connectivity index (χ3n) is 3.25. The molecule has 24 heavy (non-hydrogen) atoms. The smallest absolute Gasteiger partial charge is 0.258 e. The van der Waals surface area contributed by atoms with E-state index in [1.54, 1.807) is 25.3 Å². The van der Waals surface area contributed by atoms with Crippen LogP contribution in [0.5, 0.6) is 17.2 Å². The zero-order valence-electron chi connectivity index (χ0n) is 13.7. The van der Waals surface area contributed by atoms with Crippen molar-refractivity contribution in [3.05, 3.63) is 53.1 Å². The Morgan fingerprint density at radius 2 is 1.83 bits per heavy atom. The lowest BCUT2D eigenvalue weighted by Crippen LogP contribution is -2.32. The molecule has 2 rings (SSSR count). The highest BCUT2D eigenvalue weighted by Crippen LogP contribution is 2.25. The molecule has 0 fully saturated rings. The van der Waals surface area contributed by atoms with E-state index in [4.69, 9.17) is 25.8 Å². The molecule has 0 aliphatic rings. The maximum Gasteiger partial charge on any atom is 0.258 e. The van der Waals surface area contributed by atoms with Crippen LogP contribution in [-0.4, -0.2) is 32.8 Å². The number of aryl methyl sites for hydroxylation is 1. The Kier molecular flexibility index (Phi) is 6.75. The Bertz CT molecular complexity index is 690. The third kappa shape index (κ3) is 5.35. The van der Waals surface area contributed by atoms with Gasteiger partial charge in [-0.3, -0.25) is 4.79 Å². The second kappa shape index (κ2) is 9.03. The number of hydrogen-bond donors (Lipinski definition) is 1. The molecule has 0 bridgehead atoms. The molecular weight excluding hydrogens is 330 g/mol. The van der Waals surface area contributed by atoms with Crippen molar-refractivity contribution in [1.29, 1.82) is 0 Å². The third-order valence-corrected chi connectivity index (χ3v) is 3.48. The van der Waals surface area contributed by atoms with Crippen LogP contribution in [0.2, 0.25) is 5.02 Å². The number of methoxy groups -OCH3 is 1. The van der Waals surface area contributed by atoms with Gasteiger partial charge in [-0.1, -0.05) is 23.7 Å². The first kappa shape index (κ1) is 17.9. The fraction of sp³-hybridized carbons (Fsp3) is 0.278. The molecule has 6 heteroatoms. The van der Waals surface area contributed by atoms with Gasteiger partial charge in [-0.15, -0.1) is 0 Å². The fourth-order valence-corrected chi connectivity index (χ4v) is 2.29. The van der Waals surface area contributed by atoms with Crippen molar-refractivity contribution in [1.82, 2.24) is 5.32 Å². The summed E-state index contributed by atoms with van der Waals surface area (Å²) < 4.78 is 16.2. The van der Waals surface area contributed by atoms with Gasteiger partial charge in [0.05, 0.1) is 13.7 Å². The number of hydrogen-bond acceptors (Lipinski definition) is 4. The summed E-state index contributed by atoms with van der Waals surface area (Å²) in [7, 11) is 1.55. The molecule has 0 atom stereocenters. The van der Waals surface area contributed by atoms with Gasteiger partial charge in [0.25, 0.3) is 5.91 Å². The van der Waals surface area contributed by atoms with Gasteiger partial charge < -0.3 is 19.5 Å². The van der Waals surface area contributed by atoms with Crippen LogP contribution in [0, 0.1) is 6.92 Å². The normalized spacial score (nSPS) is 10.1. The summed E-state index contributed by atoms with van der Waals surface area (Å²) in [5, 5.41) is 3.40. The summed E-state index contributed by atoms with van der Waals surface area (Å²) >= 11 is 5.89. The Balaban J connectivity index is 1.70. The minimum Gasteiger partial charge on any atom is -0.493 e. The molecule has 0 saturated carbocycles. The molecule has 0 heterocycles. The number of benzene rings is 2. The number of nitrogens with one attached hydrogen (secondary N) is 1. The first-order chi connectivity index (χ1) is 11.6. The summed E-state index contributed by atoms with van der Waals surface area (Å²) in [5.41, 5.74) is 0.952. The van der Waals surface area contributed by atoms with Crippen LogP contribution in [0.25, 0.3) is 0 Å². The molecule has 128 valence electrons. The van der Waals surface area contributed by atoms with Crippen LogP contribution < -0.4 is 19.5 Å². The van der Waals surface area contributed by atoms with Gasteiger partial charge >= 0.3 is 0 Å². The number of rotatable bonds is 8. The average molecular weight is 350 g/mol. The zero-order valence-corrected chi connectivity index (χ0v) is 14.4. The van der Waals surface area contributed by atoms with Crippen molar-refractivity contribution in [3.63, 3.8) is 0 Å². The first-order valence-corrected chi connectivity index (χ1v) is 7.89. The minimum absolute atomic E-state index is 0.0830. The second-order valence-electron chi connectivity index (χ2n) is 5.05. The Morgan fingerprint density at radius 3 is 2.54 bits per heavy atom. The number of carbonyl (C=O) groups excluding carboxylic acids is 1. The molecule has 5 nitrogen and oxygen atoms in total. The van der Waals surface area contributed by atoms with E-state index in [0.717, 1.165) is 11.3 Å². The van der Waals surface area contributed by atoms with Crippen molar-refractivity contribution >= 4 is 17.5 Å². The van der Waals surface area contributed by atoms with Crippen molar-refractivity contribution < 1.29 is 19.0 Å². The van der Waals surface area contributed by atoms with Crippen LogP contribution >= 0.6 is 11.6 Å². The molecule has 0 spiro atoms. The largest absolute Gasteiger partial charge is 0.493 e. The molecular formula is C18H20ClNO4. The predicted octanol–water partition coefficient (Wildman–Crippen LogP) is 3.23. The molecule has 0 saturated heterocycles. The molecule has 1 amide bonds. The molecule has 1 N–H and O–H groups in total. The maximum absolute atomic E-state index is 11.8.